The van der Waals surface area contributed by atoms with Gasteiger partial charge in [0.25, 0.3) is 0 Å². The fraction of sp³-hybridized carbons (Fsp3) is 0.350. The third-order valence-electron chi connectivity index (χ3n) is 3.93. The van der Waals surface area contributed by atoms with Crippen molar-refractivity contribution in [3.05, 3.63) is 64.7 Å². The molecular weight excluding hydrogens is 441 g/mol. The van der Waals surface area contributed by atoms with Crippen LogP contribution in [0.25, 0.3) is 0 Å². The van der Waals surface area contributed by atoms with Crippen LogP contribution in [0.4, 0.5) is 0 Å². The zero-order valence-electron chi connectivity index (χ0n) is 15.6. The first kappa shape index (κ1) is 22.2. The molecule has 5 nitrogen and oxygen atoms in total. The van der Waals surface area contributed by atoms with E-state index < -0.39 is 0 Å². The maximum absolute atomic E-state index is 9.43. The lowest BCUT2D eigenvalue weighted by molar-refractivity contribution is 0.280. The first-order valence-corrected chi connectivity index (χ1v) is 8.51. The first-order valence-electron chi connectivity index (χ1n) is 8.51. The fourth-order valence-corrected chi connectivity index (χ4v) is 2.55. The van der Waals surface area contributed by atoms with Gasteiger partial charge < -0.3 is 20.5 Å². The molecule has 0 aliphatic carbocycles. The molecule has 2 aromatic carbocycles. The van der Waals surface area contributed by atoms with Gasteiger partial charge in [0.1, 0.15) is 5.75 Å². The number of aliphatic hydroxyl groups is 1. The predicted molar refractivity (Wildman–Crippen MR) is 117 cm³/mol. The Morgan fingerprint density at radius 3 is 2.46 bits per heavy atom. The van der Waals surface area contributed by atoms with Gasteiger partial charge in [-0.3, -0.25) is 0 Å². The normalized spacial score (nSPS) is 10.8. The van der Waals surface area contributed by atoms with E-state index in [1.54, 1.807) is 7.11 Å². The molecule has 0 saturated carbocycles. The highest BCUT2D eigenvalue weighted by Gasteiger charge is 2.05. The van der Waals surface area contributed by atoms with Gasteiger partial charge >= 0.3 is 0 Å². The third kappa shape index (κ3) is 6.49. The Morgan fingerprint density at radius 1 is 1.08 bits per heavy atom. The van der Waals surface area contributed by atoms with E-state index in [2.05, 4.69) is 21.7 Å². The average Bonchev–Trinajstić information content (AvgIpc) is 2.64. The van der Waals surface area contributed by atoms with Crippen molar-refractivity contribution in [1.29, 1.82) is 0 Å². The number of aliphatic hydroxyl groups excluding tert-OH is 1. The first-order chi connectivity index (χ1) is 12.2. The van der Waals surface area contributed by atoms with E-state index in [0.29, 0.717) is 13.1 Å². The maximum atomic E-state index is 9.43. The molecule has 26 heavy (non-hydrogen) atoms. The number of nitrogens with zero attached hydrogens (tertiary/aromatic N) is 1. The molecule has 6 heteroatoms. The summed E-state index contributed by atoms with van der Waals surface area (Å²) in [6, 6.07) is 14.0. The van der Waals surface area contributed by atoms with E-state index in [4.69, 9.17) is 4.74 Å². The van der Waals surface area contributed by atoms with E-state index in [0.717, 1.165) is 40.5 Å². The monoisotopic (exact) mass is 469 g/mol. The molecule has 0 saturated heterocycles. The van der Waals surface area contributed by atoms with Crippen LogP contribution in [0.3, 0.4) is 0 Å². The molecule has 0 amide bonds. The van der Waals surface area contributed by atoms with Crippen molar-refractivity contribution in [1.82, 2.24) is 10.6 Å². The van der Waals surface area contributed by atoms with E-state index >= 15 is 0 Å². The number of hydrogen-bond acceptors (Lipinski definition) is 3. The topological polar surface area (TPSA) is 65.9 Å². The molecule has 0 heterocycles. The summed E-state index contributed by atoms with van der Waals surface area (Å²) in [5.74, 6) is 1.59. The fourth-order valence-electron chi connectivity index (χ4n) is 2.55. The minimum atomic E-state index is 0. The van der Waals surface area contributed by atoms with Crippen molar-refractivity contribution in [3.8, 4) is 5.75 Å². The summed E-state index contributed by atoms with van der Waals surface area (Å²) in [4.78, 5) is 4.64. The minimum absolute atomic E-state index is 0. The van der Waals surface area contributed by atoms with Crippen molar-refractivity contribution in [2.24, 2.45) is 4.99 Å². The molecule has 3 N–H and O–H groups in total. The van der Waals surface area contributed by atoms with Gasteiger partial charge in [0.2, 0.25) is 0 Å². The van der Waals surface area contributed by atoms with E-state index in [9.17, 15) is 5.11 Å². The Balaban J connectivity index is 0.00000338. The SMILES string of the molecule is CCNC(=NCc1ccc(C)cc1OC)NCc1ccccc1CO.I. The van der Waals surface area contributed by atoms with Gasteiger partial charge in [-0.05, 0) is 36.6 Å². The van der Waals surface area contributed by atoms with Crippen LogP contribution in [-0.2, 0) is 19.7 Å². The highest BCUT2D eigenvalue weighted by atomic mass is 127. The van der Waals surface area contributed by atoms with Crippen molar-refractivity contribution < 1.29 is 9.84 Å². The Morgan fingerprint density at radius 2 is 1.81 bits per heavy atom. The summed E-state index contributed by atoms with van der Waals surface area (Å²) in [6.45, 7) is 6.02. The predicted octanol–water partition coefficient (Wildman–Crippen LogP) is 3.37. The summed E-state index contributed by atoms with van der Waals surface area (Å²) in [6.07, 6.45) is 0. The van der Waals surface area contributed by atoms with Crippen LogP contribution >= 0.6 is 24.0 Å². The van der Waals surface area contributed by atoms with Gasteiger partial charge in [-0.1, -0.05) is 36.4 Å². The minimum Gasteiger partial charge on any atom is -0.496 e. The molecular formula is C20H28IN3O2. The van der Waals surface area contributed by atoms with Crippen LogP contribution in [0.5, 0.6) is 5.75 Å². The van der Waals surface area contributed by atoms with Gasteiger partial charge in [-0.25, -0.2) is 4.99 Å². The number of ether oxygens (including phenoxy) is 1. The van der Waals surface area contributed by atoms with Crippen molar-refractivity contribution in [3.63, 3.8) is 0 Å². The van der Waals surface area contributed by atoms with Gasteiger partial charge in [0.05, 0.1) is 20.3 Å². The van der Waals surface area contributed by atoms with Gasteiger partial charge in [-0.2, -0.15) is 0 Å². The summed E-state index contributed by atoms with van der Waals surface area (Å²) in [7, 11) is 1.68. The number of nitrogens with one attached hydrogen (secondary N) is 2. The van der Waals surface area contributed by atoms with E-state index in [-0.39, 0.29) is 30.6 Å². The number of guanidine groups is 1. The van der Waals surface area contributed by atoms with Crippen LogP contribution < -0.4 is 15.4 Å². The molecule has 0 unspecified atom stereocenters. The zero-order chi connectivity index (χ0) is 18.1. The van der Waals surface area contributed by atoms with Crippen LogP contribution in [-0.4, -0.2) is 24.7 Å². The van der Waals surface area contributed by atoms with Crippen molar-refractivity contribution in [2.45, 2.75) is 33.5 Å². The van der Waals surface area contributed by atoms with Crippen LogP contribution in [0.1, 0.15) is 29.2 Å². The summed E-state index contributed by atoms with van der Waals surface area (Å²) < 4.78 is 5.44. The van der Waals surface area contributed by atoms with Crippen LogP contribution in [0, 0.1) is 6.92 Å². The molecule has 0 atom stereocenters. The van der Waals surface area contributed by atoms with E-state index in [1.807, 2.05) is 50.2 Å². The molecule has 0 aliphatic rings. The summed E-state index contributed by atoms with van der Waals surface area (Å²) in [5, 5.41) is 16.0. The highest BCUT2D eigenvalue weighted by Crippen LogP contribution is 2.20. The Hall–Kier alpha value is -1.80. The number of halogens is 1. The molecule has 0 bridgehead atoms. The quantitative estimate of drug-likeness (QED) is 0.331. The number of methoxy groups -OCH3 is 1. The Labute approximate surface area is 172 Å². The average molecular weight is 469 g/mol. The molecule has 0 aliphatic heterocycles. The number of aryl methyl sites for hydroxylation is 1. The van der Waals surface area contributed by atoms with Gasteiger partial charge in [0, 0.05) is 18.7 Å². The summed E-state index contributed by atoms with van der Waals surface area (Å²) >= 11 is 0. The standard InChI is InChI=1S/C20H27N3O2.HI/c1-4-21-20(22-12-16-7-5-6-8-18(16)14-24)23-13-17-10-9-15(2)11-19(17)25-3;/h5-11,24H,4,12-14H2,1-3H3,(H2,21,22,23);1H. The van der Waals surface area contributed by atoms with E-state index in [1.165, 1.54) is 0 Å². The van der Waals surface area contributed by atoms with Crippen molar-refractivity contribution >= 4 is 29.9 Å². The summed E-state index contributed by atoms with van der Waals surface area (Å²) in [5.41, 5.74) is 4.19. The Kier molecular flexibility index (Phi) is 10.0. The number of rotatable bonds is 7. The largest absolute Gasteiger partial charge is 0.496 e. The number of hydrogen-bond donors (Lipinski definition) is 3. The van der Waals surface area contributed by atoms with Crippen LogP contribution in [0.15, 0.2) is 47.5 Å². The third-order valence-corrected chi connectivity index (χ3v) is 3.93. The molecule has 0 spiro atoms. The molecule has 0 radical (unpaired) electrons. The number of benzene rings is 2. The lowest BCUT2D eigenvalue weighted by Crippen LogP contribution is -2.37. The van der Waals surface area contributed by atoms with Gasteiger partial charge in [0.15, 0.2) is 5.96 Å². The second-order valence-electron chi connectivity index (χ2n) is 5.79. The van der Waals surface area contributed by atoms with Crippen LogP contribution in [0.2, 0.25) is 0 Å². The second-order valence-corrected chi connectivity index (χ2v) is 5.79. The molecule has 0 aromatic heterocycles. The second kappa shape index (κ2) is 11.7. The lowest BCUT2D eigenvalue weighted by Gasteiger charge is -2.14. The maximum Gasteiger partial charge on any atom is 0.191 e. The molecule has 2 rings (SSSR count). The number of aliphatic imine (C=N–C) groups is 1. The highest BCUT2D eigenvalue weighted by molar-refractivity contribution is 14.0. The zero-order valence-corrected chi connectivity index (χ0v) is 17.9. The smallest absolute Gasteiger partial charge is 0.191 e. The molecule has 142 valence electrons. The molecule has 0 fully saturated rings. The Bertz CT molecular complexity index is 720. The van der Waals surface area contributed by atoms with Gasteiger partial charge in [-0.15, -0.1) is 24.0 Å². The lowest BCUT2D eigenvalue weighted by atomic mass is 10.1. The van der Waals surface area contributed by atoms with Crippen molar-refractivity contribution in [2.75, 3.05) is 13.7 Å². The molecule has 2 aromatic rings.